The third-order valence-corrected chi connectivity index (χ3v) is 2.93. The van der Waals surface area contributed by atoms with Crippen LogP contribution in [0.1, 0.15) is 36.2 Å². The van der Waals surface area contributed by atoms with Gasteiger partial charge in [-0.15, -0.1) is 24.0 Å². The summed E-state index contributed by atoms with van der Waals surface area (Å²) in [5, 5.41) is 5.52. The van der Waals surface area contributed by atoms with Gasteiger partial charge >= 0.3 is 12.1 Å². The first-order valence-electron chi connectivity index (χ1n) is 7.70. The minimum absolute atomic E-state index is 0. The van der Waals surface area contributed by atoms with Gasteiger partial charge in [-0.3, -0.25) is 0 Å². The van der Waals surface area contributed by atoms with Crippen molar-refractivity contribution in [1.82, 2.24) is 10.6 Å². The number of guanidine groups is 1. The molecule has 9 heteroatoms. The second-order valence-electron chi connectivity index (χ2n) is 4.90. The number of benzene rings is 1. The van der Waals surface area contributed by atoms with Gasteiger partial charge in [-0.2, -0.15) is 13.2 Å². The van der Waals surface area contributed by atoms with E-state index in [9.17, 15) is 18.0 Å². The minimum atomic E-state index is -4.20. The summed E-state index contributed by atoms with van der Waals surface area (Å²) < 4.78 is 41.4. The highest BCUT2D eigenvalue weighted by Crippen LogP contribution is 2.18. The number of carbonyl (C=O) groups is 1. The second kappa shape index (κ2) is 11.9. The normalized spacial score (nSPS) is 11.5. The molecule has 0 spiro atoms. The molecule has 0 aliphatic carbocycles. The lowest BCUT2D eigenvalue weighted by Crippen LogP contribution is -2.38. The lowest BCUT2D eigenvalue weighted by molar-refractivity contribution is -0.132. The maximum absolute atomic E-state index is 12.2. The number of hydrogen-bond donors (Lipinski definition) is 2. The number of halogens is 4. The van der Waals surface area contributed by atoms with Gasteiger partial charge in [0.05, 0.1) is 25.1 Å². The number of aliphatic imine (C=N–C) groups is 1. The average molecular weight is 473 g/mol. The summed E-state index contributed by atoms with van der Waals surface area (Å²) in [4.78, 5) is 15.8. The fraction of sp³-hybridized carbons (Fsp3) is 0.500. The van der Waals surface area contributed by atoms with Crippen LogP contribution in [0.2, 0.25) is 0 Å². The van der Waals surface area contributed by atoms with Gasteiger partial charge in [0.1, 0.15) is 0 Å². The zero-order valence-corrected chi connectivity index (χ0v) is 16.5. The van der Waals surface area contributed by atoms with E-state index in [1.165, 1.54) is 0 Å². The topological polar surface area (TPSA) is 62.7 Å². The van der Waals surface area contributed by atoms with Gasteiger partial charge in [-0.05, 0) is 31.5 Å². The third-order valence-electron chi connectivity index (χ3n) is 2.93. The number of hydrogen-bond acceptors (Lipinski definition) is 3. The Morgan fingerprint density at radius 2 is 1.80 bits per heavy atom. The van der Waals surface area contributed by atoms with Gasteiger partial charge < -0.3 is 15.4 Å². The molecule has 142 valence electrons. The molecule has 0 aliphatic heterocycles. The maximum atomic E-state index is 12.2. The lowest BCUT2D eigenvalue weighted by atomic mass is 10.1. The molecular weight excluding hydrogens is 450 g/mol. The van der Waals surface area contributed by atoms with Gasteiger partial charge in [-0.25, -0.2) is 9.79 Å². The Kier molecular flexibility index (Phi) is 11.2. The summed E-state index contributed by atoms with van der Waals surface area (Å²) in [7, 11) is 0. The zero-order valence-electron chi connectivity index (χ0n) is 14.2. The second-order valence-corrected chi connectivity index (χ2v) is 4.90. The highest BCUT2D eigenvalue weighted by Gasteiger charge is 2.26. The van der Waals surface area contributed by atoms with Gasteiger partial charge in [-0.1, -0.05) is 12.1 Å². The molecule has 0 saturated carbocycles. The Balaban J connectivity index is 0.00000576. The van der Waals surface area contributed by atoms with E-state index in [-0.39, 0.29) is 37.1 Å². The number of carbonyl (C=O) groups excluding carboxylic acids is 1. The predicted molar refractivity (Wildman–Crippen MR) is 101 cm³/mol. The van der Waals surface area contributed by atoms with Crippen molar-refractivity contribution in [2.75, 3.05) is 19.7 Å². The van der Waals surface area contributed by atoms with Crippen LogP contribution in [0.5, 0.6) is 0 Å². The molecule has 2 N–H and O–H groups in total. The predicted octanol–water partition coefficient (Wildman–Crippen LogP) is 3.49. The highest BCUT2D eigenvalue weighted by molar-refractivity contribution is 14.0. The summed E-state index contributed by atoms with van der Waals surface area (Å²) in [6.07, 6.45) is -5.13. The number of nitrogens with one attached hydrogen (secondary N) is 2. The summed E-state index contributed by atoms with van der Waals surface area (Å²) in [6.45, 7) is 4.45. The highest BCUT2D eigenvalue weighted by atomic mass is 127. The van der Waals surface area contributed by atoms with Crippen LogP contribution < -0.4 is 10.6 Å². The first kappa shape index (κ1) is 23.5. The molecule has 1 rings (SSSR count). The van der Waals surface area contributed by atoms with Crippen molar-refractivity contribution in [1.29, 1.82) is 0 Å². The molecule has 1 aromatic carbocycles. The van der Waals surface area contributed by atoms with Crippen LogP contribution in [-0.4, -0.2) is 37.8 Å². The van der Waals surface area contributed by atoms with Crippen molar-refractivity contribution in [2.45, 2.75) is 33.0 Å². The number of ether oxygens (including phenoxy) is 1. The average Bonchev–Trinajstić information content (AvgIpc) is 2.52. The van der Waals surface area contributed by atoms with E-state index < -0.39 is 18.6 Å². The van der Waals surface area contributed by atoms with Gasteiger partial charge in [0.2, 0.25) is 0 Å². The van der Waals surface area contributed by atoms with Gasteiger partial charge in [0, 0.05) is 13.1 Å². The Morgan fingerprint density at radius 3 is 2.32 bits per heavy atom. The number of alkyl halides is 3. The Morgan fingerprint density at radius 1 is 1.16 bits per heavy atom. The molecule has 25 heavy (non-hydrogen) atoms. The Labute approximate surface area is 162 Å². The minimum Gasteiger partial charge on any atom is -0.462 e. The van der Waals surface area contributed by atoms with E-state index >= 15 is 0 Å². The molecule has 5 nitrogen and oxygen atoms in total. The maximum Gasteiger partial charge on any atom is 0.390 e. The van der Waals surface area contributed by atoms with E-state index in [4.69, 9.17) is 4.74 Å². The monoisotopic (exact) mass is 473 g/mol. The van der Waals surface area contributed by atoms with Crippen molar-refractivity contribution in [3.05, 3.63) is 35.4 Å². The van der Waals surface area contributed by atoms with Crippen LogP contribution >= 0.6 is 24.0 Å². The molecule has 0 aliphatic rings. The summed E-state index contributed by atoms with van der Waals surface area (Å²) in [5.74, 6) is -0.0778. The zero-order chi connectivity index (χ0) is 18.0. The van der Waals surface area contributed by atoms with Gasteiger partial charge in [0.25, 0.3) is 0 Å². The fourth-order valence-electron chi connectivity index (χ4n) is 1.80. The van der Waals surface area contributed by atoms with Crippen molar-refractivity contribution in [3.63, 3.8) is 0 Å². The van der Waals surface area contributed by atoms with Crippen LogP contribution in [-0.2, 0) is 11.3 Å². The van der Waals surface area contributed by atoms with Crippen molar-refractivity contribution < 1.29 is 22.7 Å². The summed E-state index contributed by atoms with van der Waals surface area (Å²) in [6, 6.07) is 6.73. The molecule has 0 unspecified atom stereocenters. The van der Waals surface area contributed by atoms with Crippen LogP contribution in [0.4, 0.5) is 13.2 Å². The number of rotatable bonds is 7. The van der Waals surface area contributed by atoms with E-state index in [1.807, 2.05) is 6.92 Å². The summed E-state index contributed by atoms with van der Waals surface area (Å²) >= 11 is 0. The first-order valence-corrected chi connectivity index (χ1v) is 7.70. The molecule has 1 aromatic rings. The quantitative estimate of drug-likeness (QED) is 0.276. The van der Waals surface area contributed by atoms with E-state index in [0.29, 0.717) is 24.7 Å². The van der Waals surface area contributed by atoms with Crippen molar-refractivity contribution in [3.8, 4) is 0 Å². The van der Waals surface area contributed by atoms with Crippen molar-refractivity contribution in [2.24, 2.45) is 4.99 Å². The summed E-state index contributed by atoms with van der Waals surface area (Å²) in [5.41, 5.74) is 1.27. The standard InChI is InChI=1S/C16H22F3N3O2.HI/c1-3-20-15(21-10-9-16(17,18)19)22-11-12-5-7-13(8-6-12)14(23)24-4-2;/h5-8H,3-4,9-11H2,1-2H3,(H2,20,21,22);1H. The first-order chi connectivity index (χ1) is 11.4. The third kappa shape index (κ3) is 10.1. The Hall–Kier alpha value is -1.52. The molecular formula is C16H23F3IN3O2. The molecule has 0 saturated heterocycles. The molecule has 0 fully saturated rings. The largest absolute Gasteiger partial charge is 0.462 e. The molecule has 0 aromatic heterocycles. The van der Waals surface area contributed by atoms with E-state index in [2.05, 4.69) is 15.6 Å². The molecule has 0 radical (unpaired) electrons. The van der Waals surface area contributed by atoms with Crippen LogP contribution in [0.25, 0.3) is 0 Å². The molecule has 0 heterocycles. The molecule has 0 atom stereocenters. The number of esters is 1. The van der Waals surface area contributed by atoms with Crippen LogP contribution in [0.15, 0.2) is 29.3 Å². The molecule has 0 bridgehead atoms. The SMILES string of the molecule is CCNC(=NCc1ccc(C(=O)OCC)cc1)NCCC(F)(F)F.I. The van der Waals surface area contributed by atoms with Crippen LogP contribution in [0.3, 0.4) is 0 Å². The van der Waals surface area contributed by atoms with Crippen LogP contribution in [0, 0.1) is 0 Å². The van der Waals surface area contributed by atoms with E-state index in [1.54, 1.807) is 31.2 Å². The fourth-order valence-corrected chi connectivity index (χ4v) is 1.80. The van der Waals surface area contributed by atoms with E-state index in [0.717, 1.165) is 5.56 Å². The van der Waals surface area contributed by atoms with Crippen molar-refractivity contribution >= 4 is 35.9 Å². The smallest absolute Gasteiger partial charge is 0.390 e. The molecule has 0 amide bonds. The number of nitrogens with zero attached hydrogens (tertiary/aromatic N) is 1. The lowest BCUT2D eigenvalue weighted by Gasteiger charge is -2.12. The Bertz CT molecular complexity index is 549. The van der Waals surface area contributed by atoms with Gasteiger partial charge in [0.15, 0.2) is 5.96 Å².